The third-order valence-corrected chi connectivity index (χ3v) is 4.87. The molecule has 0 fully saturated rings. The summed E-state index contributed by atoms with van der Waals surface area (Å²) in [5.41, 5.74) is 4.24. The van der Waals surface area contributed by atoms with Crippen LogP contribution in [0, 0.1) is 0 Å². The summed E-state index contributed by atoms with van der Waals surface area (Å²) < 4.78 is 11.5. The molecular formula is C22H25N5O2. The molecular weight excluding hydrogens is 366 g/mol. The molecule has 7 nitrogen and oxygen atoms in total. The minimum absolute atomic E-state index is 0.642. The smallest absolute Gasteiger partial charge is 0.162 e. The molecule has 0 spiro atoms. The van der Waals surface area contributed by atoms with Crippen LogP contribution in [0.1, 0.15) is 30.7 Å². The number of aromatic nitrogens is 4. The number of benzene rings is 1. The van der Waals surface area contributed by atoms with Gasteiger partial charge in [-0.15, -0.1) is 0 Å². The lowest BCUT2D eigenvalue weighted by molar-refractivity contribution is 0.236. The van der Waals surface area contributed by atoms with Gasteiger partial charge in [0.05, 0.1) is 24.5 Å². The summed E-state index contributed by atoms with van der Waals surface area (Å²) in [6.07, 6.45) is 7.80. The van der Waals surface area contributed by atoms with Gasteiger partial charge in [0.15, 0.2) is 5.82 Å². The van der Waals surface area contributed by atoms with Crippen LogP contribution < -0.4 is 9.47 Å². The van der Waals surface area contributed by atoms with Crippen LogP contribution in [0.2, 0.25) is 0 Å². The van der Waals surface area contributed by atoms with Gasteiger partial charge in [-0.25, -0.2) is 19.9 Å². The van der Waals surface area contributed by atoms with Gasteiger partial charge in [0.2, 0.25) is 0 Å². The second-order valence-corrected chi connectivity index (χ2v) is 6.89. The van der Waals surface area contributed by atoms with Crippen LogP contribution in [0.15, 0.2) is 43.1 Å². The van der Waals surface area contributed by atoms with Crippen LogP contribution >= 0.6 is 0 Å². The highest BCUT2D eigenvalue weighted by Crippen LogP contribution is 2.28. The summed E-state index contributed by atoms with van der Waals surface area (Å²) in [5.74, 6) is 2.47. The lowest BCUT2D eigenvalue weighted by Gasteiger charge is -2.28. The maximum atomic E-state index is 5.83. The second-order valence-electron chi connectivity index (χ2n) is 6.89. The Balaban J connectivity index is 1.51. The minimum atomic E-state index is 0.642. The predicted octanol–water partition coefficient (Wildman–Crippen LogP) is 3.29. The fourth-order valence-corrected chi connectivity index (χ4v) is 3.54. The van der Waals surface area contributed by atoms with E-state index in [2.05, 4.69) is 25.9 Å². The van der Waals surface area contributed by atoms with E-state index in [9.17, 15) is 0 Å². The average Bonchev–Trinajstić information content (AvgIpc) is 2.76. The molecule has 1 aliphatic rings. The highest BCUT2D eigenvalue weighted by molar-refractivity contribution is 5.52. The molecule has 150 valence electrons. The number of hydrogen-bond donors (Lipinski definition) is 0. The third kappa shape index (κ3) is 4.51. The summed E-state index contributed by atoms with van der Waals surface area (Å²) in [7, 11) is 0. The number of ether oxygens (including phenoxy) is 2. The average molecular weight is 391 g/mol. The van der Waals surface area contributed by atoms with Gasteiger partial charge in [-0.05, 0) is 32.0 Å². The van der Waals surface area contributed by atoms with Crippen LogP contribution in [0.4, 0.5) is 0 Å². The predicted molar refractivity (Wildman–Crippen MR) is 110 cm³/mol. The largest absolute Gasteiger partial charge is 0.494 e. The van der Waals surface area contributed by atoms with Crippen molar-refractivity contribution in [2.24, 2.45) is 0 Å². The molecule has 0 atom stereocenters. The lowest BCUT2D eigenvalue weighted by Crippen LogP contribution is -2.31. The molecule has 4 rings (SSSR count). The first kappa shape index (κ1) is 19.3. The van der Waals surface area contributed by atoms with E-state index in [1.165, 1.54) is 6.33 Å². The Labute approximate surface area is 170 Å². The number of hydrogen-bond acceptors (Lipinski definition) is 7. The molecule has 3 aromatic rings. The molecule has 0 saturated carbocycles. The van der Waals surface area contributed by atoms with Crippen molar-refractivity contribution in [1.82, 2.24) is 24.8 Å². The van der Waals surface area contributed by atoms with Crippen LogP contribution in [-0.4, -0.2) is 44.6 Å². The Hall–Kier alpha value is -3.06. The van der Waals surface area contributed by atoms with Crippen LogP contribution in [0.3, 0.4) is 0 Å². The molecule has 0 unspecified atom stereocenters. The third-order valence-electron chi connectivity index (χ3n) is 4.87. The Morgan fingerprint density at radius 1 is 1.03 bits per heavy atom. The minimum Gasteiger partial charge on any atom is -0.494 e. The molecule has 1 aliphatic heterocycles. The van der Waals surface area contributed by atoms with Gasteiger partial charge in [0.25, 0.3) is 0 Å². The van der Waals surface area contributed by atoms with E-state index in [0.717, 1.165) is 59.9 Å². The van der Waals surface area contributed by atoms with Crippen molar-refractivity contribution < 1.29 is 9.47 Å². The summed E-state index contributed by atoms with van der Waals surface area (Å²) >= 11 is 0. The van der Waals surface area contributed by atoms with Crippen molar-refractivity contribution >= 4 is 0 Å². The summed E-state index contributed by atoms with van der Waals surface area (Å²) in [6.45, 7) is 7.83. The summed E-state index contributed by atoms with van der Waals surface area (Å²) in [5, 5.41) is 0. The van der Waals surface area contributed by atoms with E-state index in [1.807, 2.05) is 32.2 Å². The molecule has 0 radical (unpaired) electrons. The van der Waals surface area contributed by atoms with E-state index in [-0.39, 0.29) is 0 Å². The Morgan fingerprint density at radius 2 is 1.86 bits per heavy atom. The highest BCUT2D eigenvalue weighted by atomic mass is 16.5. The van der Waals surface area contributed by atoms with Crippen LogP contribution in [0.5, 0.6) is 11.5 Å². The zero-order valence-corrected chi connectivity index (χ0v) is 16.8. The number of fused-ring (bicyclic) bond motifs is 1. The van der Waals surface area contributed by atoms with E-state index in [1.54, 1.807) is 12.4 Å². The summed E-state index contributed by atoms with van der Waals surface area (Å²) in [6, 6.07) is 6.05. The first-order chi connectivity index (χ1) is 14.3. The normalized spacial score (nSPS) is 13.7. The summed E-state index contributed by atoms with van der Waals surface area (Å²) in [4.78, 5) is 19.8. The Kier molecular flexibility index (Phi) is 5.95. The Morgan fingerprint density at radius 3 is 2.66 bits per heavy atom. The van der Waals surface area contributed by atoms with E-state index in [0.29, 0.717) is 19.0 Å². The maximum absolute atomic E-state index is 5.83. The molecule has 0 saturated heterocycles. The molecule has 0 amide bonds. The Bertz CT molecular complexity index is 965. The molecule has 0 N–H and O–H groups in total. The molecule has 3 heterocycles. The van der Waals surface area contributed by atoms with Crippen LogP contribution in [-0.2, 0) is 19.5 Å². The molecule has 7 heteroatoms. The first-order valence-electron chi connectivity index (χ1n) is 9.98. The monoisotopic (exact) mass is 391 g/mol. The highest BCUT2D eigenvalue weighted by Gasteiger charge is 2.20. The quantitative estimate of drug-likeness (QED) is 0.612. The maximum Gasteiger partial charge on any atom is 0.162 e. The molecule has 0 aliphatic carbocycles. The SMILES string of the molecule is CCOc1ccc(OCC)c(CN2CCc3nc(-c4cncnc4)ncc3C2)c1. The number of rotatable bonds is 7. The van der Waals surface area contributed by atoms with Crippen molar-refractivity contribution in [2.75, 3.05) is 19.8 Å². The fraction of sp³-hybridized carbons (Fsp3) is 0.364. The van der Waals surface area contributed by atoms with E-state index in [4.69, 9.17) is 14.5 Å². The van der Waals surface area contributed by atoms with Gasteiger partial charge in [0, 0.05) is 55.8 Å². The van der Waals surface area contributed by atoms with Gasteiger partial charge in [-0.2, -0.15) is 0 Å². The van der Waals surface area contributed by atoms with Gasteiger partial charge >= 0.3 is 0 Å². The lowest BCUT2D eigenvalue weighted by atomic mass is 10.1. The standard InChI is InChI=1S/C22H25N5O2/c1-3-28-19-5-6-21(29-4-2)16(9-19)13-27-8-7-20-18(14-27)12-25-22(26-20)17-10-23-15-24-11-17/h5-6,9-12,15H,3-4,7-8,13-14H2,1-2H3. The fourth-order valence-electron chi connectivity index (χ4n) is 3.54. The van der Waals surface area contributed by atoms with Crippen molar-refractivity contribution in [2.45, 2.75) is 33.4 Å². The zero-order valence-electron chi connectivity index (χ0n) is 16.8. The van der Waals surface area contributed by atoms with Crippen molar-refractivity contribution in [1.29, 1.82) is 0 Å². The molecule has 2 aromatic heterocycles. The zero-order chi connectivity index (χ0) is 20.1. The van der Waals surface area contributed by atoms with Gasteiger partial charge in [0.1, 0.15) is 17.8 Å². The number of nitrogens with zero attached hydrogens (tertiary/aromatic N) is 5. The van der Waals surface area contributed by atoms with Gasteiger partial charge in [-0.1, -0.05) is 0 Å². The molecule has 29 heavy (non-hydrogen) atoms. The molecule has 1 aromatic carbocycles. The van der Waals surface area contributed by atoms with Crippen molar-refractivity contribution in [3.05, 3.63) is 59.9 Å². The van der Waals surface area contributed by atoms with E-state index < -0.39 is 0 Å². The second kappa shape index (κ2) is 8.96. The van der Waals surface area contributed by atoms with Crippen molar-refractivity contribution in [3.63, 3.8) is 0 Å². The van der Waals surface area contributed by atoms with E-state index >= 15 is 0 Å². The topological polar surface area (TPSA) is 73.3 Å². The first-order valence-corrected chi connectivity index (χ1v) is 9.98. The van der Waals surface area contributed by atoms with Crippen molar-refractivity contribution in [3.8, 4) is 22.9 Å². The van der Waals surface area contributed by atoms with Gasteiger partial charge < -0.3 is 9.47 Å². The molecule has 0 bridgehead atoms. The van der Waals surface area contributed by atoms with Gasteiger partial charge in [-0.3, -0.25) is 4.90 Å². The van der Waals surface area contributed by atoms with Crippen LogP contribution in [0.25, 0.3) is 11.4 Å².